The van der Waals surface area contributed by atoms with Gasteiger partial charge in [-0.05, 0) is 30.7 Å². The minimum absolute atomic E-state index is 0.101. The predicted molar refractivity (Wildman–Crippen MR) is 107 cm³/mol. The molecular weight excluding hydrogens is 412 g/mol. The first kappa shape index (κ1) is 23.5. The van der Waals surface area contributed by atoms with E-state index in [0.29, 0.717) is 25.3 Å². The summed E-state index contributed by atoms with van der Waals surface area (Å²) >= 11 is 0. The van der Waals surface area contributed by atoms with Crippen LogP contribution >= 0.6 is 0 Å². The largest absolute Gasteiger partial charge is 0.454 e. The molecule has 0 fully saturated rings. The van der Waals surface area contributed by atoms with Crippen molar-refractivity contribution in [2.45, 2.75) is 45.1 Å². The Hall–Kier alpha value is -2.79. The number of nitrogens with zero attached hydrogens (tertiary/aromatic N) is 3. The molecule has 10 nitrogen and oxygen atoms in total. The fraction of sp³-hybridized carbons (Fsp3) is 0.474. The number of hydrogen-bond donors (Lipinski definition) is 1. The van der Waals surface area contributed by atoms with Crippen LogP contribution in [-0.2, 0) is 32.6 Å². The second kappa shape index (κ2) is 10.8. The van der Waals surface area contributed by atoms with Crippen molar-refractivity contribution in [3.05, 3.63) is 41.5 Å². The van der Waals surface area contributed by atoms with Gasteiger partial charge in [0.2, 0.25) is 10.0 Å². The summed E-state index contributed by atoms with van der Waals surface area (Å²) in [5, 5.41) is 6.17. The molecule has 0 aliphatic carbocycles. The maximum Gasteiger partial charge on any atom is 0.325 e. The Morgan fingerprint density at radius 1 is 1.13 bits per heavy atom. The van der Waals surface area contributed by atoms with Crippen LogP contribution in [0.5, 0.6) is 0 Å². The van der Waals surface area contributed by atoms with E-state index < -0.39 is 21.9 Å². The van der Waals surface area contributed by atoms with Crippen LogP contribution in [-0.4, -0.2) is 54.4 Å². The second-order valence-corrected chi connectivity index (χ2v) is 8.25. The van der Waals surface area contributed by atoms with Gasteiger partial charge in [-0.3, -0.25) is 9.59 Å². The van der Waals surface area contributed by atoms with Crippen molar-refractivity contribution in [1.82, 2.24) is 19.8 Å². The Morgan fingerprint density at radius 2 is 1.80 bits per heavy atom. The normalized spacial score (nSPS) is 11.5. The molecule has 2 rings (SSSR count). The first-order valence-corrected chi connectivity index (χ1v) is 11.1. The Morgan fingerprint density at radius 3 is 2.40 bits per heavy atom. The van der Waals surface area contributed by atoms with Crippen molar-refractivity contribution in [3.8, 4) is 0 Å². The Labute approximate surface area is 175 Å². The highest BCUT2D eigenvalue weighted by atomic mass is 32.2. The van der Waals surface area contributed by atoms with Crippen LogP contribution in [0.25, 0.3) is 0 Å². The molecular formula is C19H26N4O6S. The van der Waals surface area contributed by atoms with E-state index in [9.17, 15) is 18.0 Å². The maximum absolute atomic E-state index is 12.5. The number of benzene rings is 1. The third-order valence-corrected chi connectivity index (χ3v) is 6.26. The van der Waals surface area contributed by atoms with Crippen LogP contribution in [0, 0.1) is 0 Å². The SMILES string of the molecule is CCCc1noc(COC(=O)CNC(=O)c2ccc(S(=O)(=O)N(CC)CC)cc2)n1. The maximum atomic E-state index is 12.5. The molecule has 2 aromatic rings. The third-order valence-electron chi connectivity index (χ3n) is 4.19. The molecule has 164 valence electrons. The van der Waals surface area contributed by atoms with Gasteiger partial charge in [0.25, 0.3) is 11.8 Å². The molecule has 0 saturated heterocycles. The zero-order valence-corrected chi connectivity index (χ0v) is 18.1. The average Bonchev–Trinajstić information content (AvgIpc) is 3.19. The van der Waals surface area contributed by atoms with E-state index in [1.165, 1.54) is 28.6 Å². The van der Waals surface area contributed by atoms with Crippen molar-refractivity contribution in [2.75, 3.05) is 19.6 Å². The van der Waals surface area contributed by atoms with Crippen molar-refractivity contribution in [2.24, 2.45) is 0 Å². The van der Waals surface area contributed by atoms with Crippen LogP contribution in [0.2, 0.25) is 0 Å². The van der Waals surface area contributed by atoms with Crippen molar-refractivity contribution in [1.29, 1.82) is 0 Å². The Kier molecular flexibility index (Phi) is 8.48. The molecule has 0 aliphatic rings. The highest BCUT2D eigenvalue weighted by Gasteiger charge is 2.21. The van der Waals surface area contributed by atoms with Crippen LogP contribution in [0.1, 0.15) is 49.3 Å². The molecule has 1 amide bonds. The standard InChI is InChI=1S/C19H26N4O6S/c1-4-7-16-21-17(29-22-16)13-28-18(24)12-20-19(25)14-8-10-15(11-9-14)30(26,27)23(5-2)6-3/h8-11H,4-7,12-13H2,1-3H3,(H,20,25). The molecule has 0 radical (unpaired) electrons. The summed E-state index contributed by atoms with van der Waals surface area (Å²) in [4.78, 5) is 28.2. The van der Waals surface area contributed by atoms with Gasteiger partial charge in [0, 0.05) is 25.1 Å². The van der Waals surface area contributed by atoms with Crippen LogP contribution < -0.4 is 5.32 Å². The molecule has 0 unspecified atom stereocenters. The highest BCUT2D eigenvalue weighted by molar-refractivity contribution is 7.89. The Balaban J connectivity index is 1.86. The molecule has 1 heterocycles. The molecule has 11 heteroatoms. The van der Waals surface area contributed by atoms with Gasteiger partial charge in [-0.15, -0.1) is 0 Å². The summed E-state index contributed by atoms with van der Waals surface area (Å²) in [6.45, 7) is 5.67. The summed E-state index contributed by atoms with van der Waals surface area (Å²) < 4.78 is 36.2. The van der Waals surface area contributed by atoms with Gasteiger partial charge < -0.3 is 14.6 Å². The number of aryl methyl sites for hydroxylation is 1. The minimum Gasteiger partial charge on any atom is -0.454 e. The molecule has 0 saturated carbocycles. The smallest absolute Gasteiger partial charge is 0.325 e. The fourth-order valence-corrected chi connectivity index (χ4v) is 4.07. The lowest BCUT2D eigenvalue weighted by molar-refractivity contribution is -0.144. The fourth-order valence-electron chi connectivity index (χ4n) is 2.61. The number of esters is 1. The third kappa shape index (κ3) is 6.10. The number of rotatable bonds is 11. The number of carbonyl (C=O) groups excluding carboxylic acids is 2. The van der Waals surface area contributed by atoms with E-state index in [2.05, 4.69) is 15.5 Å². The Bertz CT molecular complexity index is 952. The zero-order valence-electron chi connectivity index (χ0n) is 17.3. The van der Waals surface area contributed by atoms with E-state index in [1.807, 2.05) is 6.92 Å². The van der Waals surface area contributed by atoms with E-state index in [-0.39, 0.29) is 29.5 Å². The quantitative estimate of drug-likeness (QED) is 0.523. The first-order valence-electron chi connectivity index (χ1n) is 9.67. The van der Waals surface area contributed by atoms with Gasteiger partial charge in [0.05, 0.1) is 4.90 Å². The highest BCUT2D eigenvalue weighted by Crippen LogP contribution is 2.16. The lowest BCUT2D eigenvalue weighted by Gasteiger charge is -2.18. The lowest BCUT2D eigenvalue weighted by atomic mass is 10.2. The molecule has 0 atom stereocenters. The van der Waals surface area contributed by atoms with E-state index in [1.54, 1.807) is 13.8 Å². The molecule has 1 N–H and O–H groups in total. The van der Waals surface area contributed by atoms with E-state index in [0.717, 1.165) is 6.42 Å². The molecule has 0 spiro atoms. The number of nitrogens with one attached hydrogen (secondary N) is 1. The number of amides is 1. The summed E-state index contributed by atoms with van der Waals surface area (Å²) in [6, 6.07) is 5.52. The summed E-state index contributed by atoms with van der Waals surface area (Å²) in [7, 11) is -3.60. The topological polar surface area (TPSA) is 132 Å². The van der Waals surface area contributed by atoms with Crippen molar-refractivity contribution in [3.63, 3.8) is 0 Å². The molecule has 1 aromatic carbocycles. The zero-order chi connectivity index (χ0) is 22.1. The average molecular weight is 439 g/mol. The molecule has 30 heavy (non-hydrogen) atoms. The van der Waals surface area contributed by atoms with E-state index in [4.69, 9.17) is 9.26 Å². The van der Waals surface area contributed by atoms with Crippen molar-refractivity contribution < 1.29 is 27.3 Å². The molecule has 0 aliphatic heterocycles. The van der Waals surface area contributed by atoms with Gasteiger partial charge in [-0.2, -0.15) is 9.29 Å². The lowest BCUT2D eigenvalue weighted by Crippen LogP contribution is -2.31. The minimum atomic E-state index is -3.60. The van der Waals surface area contributed by atoms with E-state index >= 15 is 0 Å². The second-order valence-electron chi connectivity index (χ2n) is 6.31. The van der Waals surface area contributed by atoms with Gasteiger partial charge in [-0.1, -0.05) is 25.9 Å². The van der Waals surface area contributed by atoms with Gasteiger partial charge in [0.1, 0.15) is 6.54 Å². The van der Waals surface area contributed by atoms with Crippen LogP contribution in [0.15, 0.2) is 33.7 Å². The summed E-state index contributed by atoms with van der Waals surface area (Å²) in [5.41, 5.74) is 0.224. The number of aromatic nitrogens is 2. The number of hydrogen-bond acceptors (Lipinski definition) is 8. The molecule has 0 bridgehead atoms. The predicted octanol–water partition coefficient (Wildman–Crippen LogP) is 1.53. The number of sulfonamides is 1. The van der Waals surface area contributed by atoms with Crippen LogP contribution in [0.4, 0.5) is 0 Å². The summed E-state index contributed by atoms with van der Waals surface area (Å²) in [5.74, 6) is -0.465. The first-order chi connectivity index (χ1) is 14.3. The van der Waals surface area contributed by atoms with Gasteiger partial charge >= 0.3 is 5.97 Å². The van der Waals surface area contributed by atoms with Crippen molar-refractivity contribution >= 4 is 21.9 Å². The van der Waals surface area contributed by atoms with Gasteiger partial charge in [0.15, 0.2) is 12.4 Å². The number of carbonyl (C=O) groups is 2. The van der Waals surface area contributed by atoms with Crippen LogP contribution in [0.3, 0.4) is 0 Å². The monoisotopic (exact) mass is 438 g/mol. The summed E-state index contributed by atoms with van der Waals surface area (Å²) in [6.07, 6.45) is 1.54. The van der Waals surface area contributed by atoms with Gasteiger partial charge in [-0.25, -0.2) is 8.42 Å². The number of ether oxygens (including phenoxy) is 1. The molecule has 1 aromatic heterocycles.